The van der Waals surface area contributed by atoms with Gasteiger partial charge in [0.1, 0.15) is 11.6 Å². The standard InChI is InChI=1S/C25H28FN3O2/c1-4-23-22(16-28(19-13-14-19)24(30)17(2)3)25(31-21-12-8-9-18(26)15-21)29(27-23)20-10-6-5-7-11-20/h5-12,15,17,19H,4,13-14,16H2,1-3H3. The fraction of sp³-hybridized carbons (Fsp3) is 0.360. The Morgan fingerprint density at radius 3 is 2.55 bits per heavy atom. The number of nitrogens with zero attached hydrogens (tertiary/aromatic N) is 3. The molecule has 0 atom stereocenters. The molecular formula is C25H28FN3O2. The number of hydrogen-bond acceptors (Lipinski definition) is 3. The molecule has 0 aliphatic heterocycles. The van der Waals surface area contributed by atoms with E-state index in [-0.39, 0.29) is 23.7 Å². The quantitative estimate of drug-likeness (QED) is 0.482. The molecule has 5 nitrogen and oxygen atoms in total. The zero-order valence-corrected chi connectivity index (χ0v) is 18.2. The van der Waals surface area contributed by atoms with Crippen LogP contribution in [0.25, 0.3) is 5.69 Å². The molecule has 31 heavy (non-hydrogen) atoms. The van der Waals surface area contributed by atoms with Crippen LogP contribution in [0, 0.1) is 11.7 Å². The number of aromatic nitrogens is 2. The molecule has 0 spiro atoms. The lowest BCUT2D eigenvalue weighted by Gasteiger charge is -2.25. The number of carbonyl (C=O) groups is 1. The van der Waals surface area contributed by atoms with Crippen LogP contribution in [-0.2, 0) is 17.8 Å². The van der Waals surface area contributed by atoms with Crippen LogP contribution in [0.5, 0.6) is 11.6 Å². The molecule has 2 aromatic carbocycles. The van der Waals surface area contributed by atoms with E-state index in [0.717, 1.165) is 29.8 Å². The van der Waals surface area contributed by atoms with Crippen molar-refractivity contribution >= 4 is 5.91 Å². The Hall–Kier alpha value is -3.15. The maximum absolute atomic E-state index is 13.8. The van der Waals surface area contributed by atoms with Crippen LogP contribution in [0.4, 0.5) is 4.39 Å². The maximum atomic E-state index is 13.8. The zero-order valence-electron chi connectivity index (χ0n) is 18.2. The monoisotopic (exact) mass is 421 g/mol. The molecule has 1 fully saturated rings. The van der Waals surface area contributed by atoms with Gasteiger partial charge in [0.25, 0.3) is 0 Å². The molecule has 1 aliphatic rings. The molecule has 0 saturated heterocycles. The Kier molecular flexibility index (Phi) is 6.07. The smallest absolute Gasteiger partial charge is 0.227 e. The molecule has 6 heteroatoms. The number of benzene rings is 2. The second kappa shape index (κ2) is 8.92. The van der Waals surface area contributed by atoms with Crippen molar-refractivity contribution in [3.63, 3.8) is 0 Å². The van der Waals surface area contributed by atoms with E-state index in [4.69, 9.17) is 9.84 Å². The summed E-state index contributed by atoms with van der Waals surface area (Å²) in [7, 11) is 0. The van der Waals surface area contributed by atoms with E-state index in [9.17, 15) is 9.18 Å². The van der Waals surface area contributed by atoms with Gasteiger partial charge in [0.15, 0.2) is 0 Å². The maximum Gasteiger partial charge on any atom is 0.227 e. The van der Waals surface area contributed by atoms with Crippen molar-refractivity contribution in [1.29, 1.82) is 0 Å². The molecule has 1 aromatic heterocycles. The van der Waals surface area contributed by atoms with E-state index >= 15 is 0 Å². The molecular weight excluding hydrogens is 393 g/mol. The molecule has 4 rings (SSSR count). The minimum absolute atomic E-state index is 0.0811. The summed E-state index contributed by atoms with van der Waals surface area (Å²) in [6, 6.07) is 16.1. The molecule has 0 radical (unpaired) electrons. The SMILES string of the molecule is CCc1nn(-c2ccccc2)c(Oc2cccc(F)c2)c1CN(C(=O)C(C)C)C1CC1. The van der Waals surface area contributed by atoms with E-state index < -0.39 is 0 Å². The predicted molar refractivity (Wildman–Crippen MR) is 118 cm³/mol. The van der Waals surface area contributed by atoms with Gasteiger partial charge in [0, 0.05) is 18.0 Å². The highest BCUT2D eigenvalue weighted by molar-refractivity contribution is 5.79. The molecule has 0 N–H and O–H groups in total. The van der Waals surface area contributed by atoms with Gasteiger partial charge in [0.2, 0.25) is 11.8 Å². The van der Waals surface area contributed by atoms with Crippen LogP contribution >= 0.6 is 0 Å². The van der Waals surface area contributed by atoms with Crippen LogP contribution in [-0.4, -0.2) is 26.6 Å². The van der Waals surface area contributed by atoms with Crippen molar-refractivity contribution in [2.24, 2.45) is 5.92 Å². The lowest BCUT2D eigenvalue weighted by molar-refractivity contribution is -0.135. The van der Waals surface area contributed by atoms with Crippen molar-refractivity contribution in [2.45, 2.75) is 52.6 Å². The number of amides is 1. The van der Waals surface area contributed by atoms with E-state index in [1.165, 1.54) is 12.1 Å². The highest BCUT2D eigenvalue weighted by Crippen LogP contribution is 2.36. The molecule has 3 aromatic rings. The molecule has 1 aliphatic carbocycles. The Balaban J connectivity index is 1.80. The number of rotatable bonds is 8. The second-order valence-electron chi connectivity index (χ2n) is 8.24. The minimum atomic E-state index is -0.366. The fourth-order valence-corrected chi connectivity index (χ4v) is 3.69. The number of halogens is 1. The fourth-order valence-electron chi connectivity index (χ4n) is 3.69. The molecule has 1 amide bonds. The van der Waals surface area contributed by atoms with Crippen molar-refractivity contribution in [3.05, 3.63) is 71.7 Å². The van der Waals surface area contributed by atoms with Gasteiger partial charge < -0.3 is 9.64 Å². The average molecular weight is 422 g/mol. The summed E-state index contributed by atoms with van der Waals surface area (Å²) in [5.41, 5.74) is 2.59. The summed E-state index contributed by atoms with van der Waals surface area (Å²) in [5.74, 6) is 0.608. The lowest BCUT2D eigenvalue weighted by atomic mass is 10.1. The number of carbonyl (C=O) groups excluding carboxylic acids is 1. The van der Waals surface area contributed by atoms with E-state index in [1.807, 2.05) is 56.0 Å². The van der Waals surface area contributed by atoms with Crippen molar-refractivity contribution in [3.8, 4) is 17.3 Å². The Labute approximate surface area is 182 Å². The van der Waals surface area contributed by atoms with Crippen LogP contribution in [0.15, 0.2) is 54.6 Å². The summed E-state index contributed by atoms with van der Waals surface area (Å²) in [5, 5.41) is 4.81. The highest BCUT2D eigenvalue weighted by atomic mass is 19.1. The van der Waals surface area contributed by atoms with Gasteiger partial charge in [-0.2, -0.15) is 5.10 Å². The highest BCUT2D eigenvalue weighted by Gasteiger charge is 2.35. The van der Waals surface area contributed by atoms with Crippen molar-refractivity contribution in [1.82, 2.24) is 14.7 Å². The summed E-state index contributed by atoms with van der Waals surface area (Å²) in [6.45, 7) is 6.33. The van der Waals surface area contributed by atoms with Gasteiger partial charge in [-0.05, 0) is 43.5 Å². The molecule has 1 heterocycles. The van der Waals surface area contributed by atoms with Crippen LogP contribution in [0.2, 0.25) is 0 Å². The Morgan fingerprint density at radius 2 is 1.94 bits per heavy atom. The number of hydrogen-bond donors (Lipinski definition) is 0. The number of ether oxygens (including phenoxy) is 1. The topological polar surface area (TPSA) is 47.4 Å². The molecule has 0 bridgehead atoms. The third-order valence-corrected chi connectivity index (χ3v) is 5.46. The third kappa shape index (κ3) is 4.63. The average Bonchev–Trinajstić information content (AvgIpc) is 3.55. The second-order valence-corrected chi connectivity index (χ2v) is 8.24. The normalized spacial score (nSPS) is 13.5. The third-order valence-electron chi connectivity index (χ3n) is 5.46. The Morgan fingerprint density at radius 1 is 1.19 bits per heavy atom. The first-order valence-electron chi connectivity index (χ1n) is 10.9. The van der Waals surface area contributed by atoms with Gasteiger partial charge in [-0.15, -0.1) is 0 Å². The predicted octanol–water partition coefficient (Wildman–Crippen LogP) is 5.51. The van der Waals surface area contributed by atoms with Gasteiger partial charge in [0.05, 0.1) is 23.5 Å². The van der Waals surface area contributed by atoms with E-state index in [2.05, 4.69) is 0 Å². The first-order valence-corrected chi connectivity index (χ1v) is 10.9. The van der Waals surface area contributed by atoms with E-state index in [1.54, 1.807) is 16.8 Å². The largest absolute Gasteiger partial charge is 0.438 e. The Bertz CT molecular complexity index is 1060. The van der Waals surface area contributed by atoms with Crippen LogP contribution < -0.4 is 4.74 Å². The van der Waals surface area contributed by atoms with Gasteiger partial charge in [-0.1, -0.05) is 45.0 Å². The summed E-state index contributed by atoms with van der Waals surface area (Å²) in [4.78, 5) is 14.9. The van der Waals surface area contributed by atoms with Crippen LogP contribution in [0.3, 0.4) is 0 Å². The first-order chi connectivity index (χ1) is 15.0. The van der Waals surface area contributed by atoms with Gasteiger partial charge >= 0.3 is 0 Å². The van der Waals surface area contributed by atoms with E-state index in [0.29, 0.717) is 24.6 Å². The van der Waals surface area contributed by atoms with Gasteiger partial charge in [-0.25, -0.2) is 9.07 Å². The molecule has 1 saturated carbocycles. The molecule has 162 valence electrons. The minimum Gasteiger partial charge on any atom is -0.438 e. The summed E-state index contributed by atoms with van der Waals surface area (Å²) >= 11 is 0. The van der Waals surface area contributed by atoms with Crippen LogP contribution in [0.1, 0.15) is 44.9 Å². The van der Waals surface area contributed by atoms with Gasteiger partial charge in [-0.3, -0.25) is 4.79 Å². The first kappa shape index (κ1) is 21.1. The summed E-state index contributed by atoms with van der Waals surface area (Å²) in [6.07, 6.45) is 2.74. The van der Waals surface area contributed by atoms with Crippen molar-refractivity contribution in [2.75, 3.05) is 0 Å². The summed E-state index contributed by atoms with van der Waals surface area (Å²) < 4.78 is 21.8. The lowest BCUT2D eigenvalue weighted by Crippen LogP contribution is -2.35. The number of aryl methyl sites for hydroxylation is 1. The number of para-hydroxylation sites is 1. The van der Waals surface area contributed by atoms with Crippen molar-refractivity contribution < 1.29 is 13.9 Å². The zero-order chi connectivity index (χ0) is 22.0. The molecule has 0 unspecified atom stereocenters.